The van der Waals surface area contributed by atoms with Gasteiger partial charge in [0.25, 0.3) is 0 Å². The summed E-state index contributed by atoms with van der Waals surface area (Å²) in [6.45, 7) is 8.49. The van der Waals surface area contributed by atoms with Crippen LogP contribution in [-0.4, -0.2) is 6.54 Å². The Labute approximate surface area is 97.8 Å². The summed E-state index contributed by atoms with van der Waals surface area (Å²) >= 11 is 6.05. The van der Waals surface area contributed by atoms with Gasteiger partial charge in [0.1, 0.15) is 0 Å². The minimum absolute atomic E-state index is 0.763. The zero-order valence-corrected chi connectivity index (χ0v) is 10.6. The van der Waals surface area contributed by atoms with Crippen molar-refractivity contribution >= 4 is 11.6 Å². The van der Waals surface area contributed by atoms with Crippen LogP contribution < -0.4 is 5.32 Å². The maximum atomic E-state index is 6.05. The van der Waals surface area contributed by atoms with E-state index in [9.17, 15) is 0 Å². The molecule has 0 aliphatic rings. The average Bonchev–Trinajstić information content (AvgIpc) is 2.18. The Bertz CT molecular complexity index is 307. The minimum atomic E-state index is 0.763. The van der Waals surface area contributed by atoms with E-state index in [1.54, 1.807) is 0 Å². The zero-order chi connectivity index (χ0) is 11.3. The molecule has 1 rings (SSSR count). The van der Waals surface area contributed by atoms with Gasteiger partial charge < -0.3 is 5.32 Å². The van der Waals surface area contributed by atoms with Crippen LogP contribution in [0.3, 0.4) is 0 Å². The lowest BCUT2D eigenvalue weighted by Gasteiger charge is -2.08. The summed E-state index contributed by atoms with van der Waals surface area (Å²) in [5.74, 6) is 0.763. The van der Waals surface area contributed by atoms with Gasteiger partial charge in [-0.2, -0.15) is 0 Å². The summed E-state index contributed by atoms with van der Waals surface area (Å²) in [5.41, 5.74) is 2.40. The number of benzene rings is 1. The Hall–Kier alpha value is -0.530. The first-order valence-electron chi connectivity index (χ1n) is 5.55. The standard InChI is InChI=1S/C13H20ClN/c1-10(2)6-7-15-9-12-5-4-11(3)13(14)8-12/h4-5,8,10,15H,6-7,9H2,1-3H3. The fourth-order valence-electron chi connectivity index (χ4n) is 1.37. The second kappa shape index (κ2) is 6.14. The van der Waals surface area contributed by atoms with Gasteiger partial charge in [0.15, 0.2) is 0 Å². The van der Waals surface area contributed by atoms with Crippen molar-refractivity contribution in [2.45, 2.75) is 33.7 Å². The van der Waals surface area contributed by atoms with Gasteiger partial charge in [-0.05, 0) is 43.0 Å². The Morgan fingerprint density at radius 1 is 1.33 bits per heavy atom. The Kier molecular flexibility index (Phi) is 5.13. The molecule has 0 spiro atoms. The first-order chi connectivity index (χ1) is 7.09. The van der Waals surface area contributed by atoms with Crippen molar-refractivity contribution in [1.82, 2.24) is 5.32 Å². The second-order valence-electron chi connectivity index (χ2n) is 4.44. The highest BCUT2D eigenvalue weighted by Gasteiger charge is 1.98. The van der Waals surface area contributed by atoms with Gasteiger partial charge in [0, 0.05) is 11.6 Å². The highest BCUT2D eigenvalue weighted by atomic mass is 35.5. The average molecular weight is 226 g/mol. The minimum Gasteiger partial charge on any atom is -0.313 e. The lowest BCUT2D eigenvalue weighted by molar-refractivity contribution is 0.537. The van der Waals surface area contributed by atoms with E-state index in [0.717, 1.165) is 29.6 Å². The van der Waals surface area contributed by atoms with Crippen molar-refractivity contribution in [1.29, 1.82) is 0 Å². The maximum absolute atomic E-state index is 6.05. The number of halogens is 1. The summed E-state index contributed by atoms with van der Waals surface area (Å²) in [4.78, 5) is 0. The van der Waals surface area contributed by atoms with Crippen LogP contribution in [0, 0.1) is 12.8 Å². The lowest BCUT2D eigenvalue weighted by atomic mass is 10.1. The molecule has 0 aliphatic carbocycles. The van der Waals surface area contributed by atoms with Crippen molar-refractivity contribution in [2.24, 2.45) is 5.92 Å². The van der Waals surface area contributed by atoms with Crippen LogP contribution in [0.25, 0.3) is 0 Å². The van der Waals surface area contributed by atoms with E-state index in [1.807, 2.05) is 13.0 Å². The Balaban J connectivity index is 2.35. The molecule has 0 aliphatic heterocycles. The van der Waals surface area contributed by atoms with E-state index in [4.69, 9.17) is 11.6 Å². The Morgan fingerprint density at radius 3 is 2.67 bits per heavy atom. The summed E-state index contributed by atoms with van der Waals surface area (Å²) in [7, 11) is 0. The molecule has 0 fully saturated rings. The van der Waals surface area contributed by atoms with E-state index >= 15 is 0 Å². The van der Waals surface area contributed by atoms with E-state index in [2.05, 4.69) is 31.3 Å². The summed E-state index contributed by atoms with van der Waals surface area (Å²) < 4.78 is 0. The molecule has 0 unspecified atom stereocenters. The van der Waals surface area contributed by atoms with Gasteiger partial charge in [-0.25, -0.2) is 0 Å². The first-order valence-corrected chi connectivity index (χ1v) is 5.93. The number of aryl methyl sites for hydroxylation is 1. The van der Waals surface area contributed by atoms with Gasteiger partial charge in [-0.15, -0.1) is 0 Å². The molecule has 15 heavy (non-hydrogen) atoms. The molecule has 0 atom stereocenters. The highest BCUT2D eigenvalue weighted by Crippen LogP contribution is 2.16. The molecule has 0 amide bonds. The molecule has 1 aromatic carbocycles. The third-order valence-electron chi connectivity index (χ3n) is 2.46. The van der Waals surface area contributed by atoms with Gasteiger partial charge in [-0.1, -0.05) is 37.6 Å². The quantitative estimate of drug-likeness (QED) is 0.752. The van der Waals surface area contributed by atoms with Crippen molar-refractivity contribution < 1.29 is 0 Å². The lowest BCUT2D eigenvalue weighted by Crippen LogP contribution is -2.16. The summed E-state index contributed by atoms with van der Waals surface area (Å²) in [5, 5.41) is 4.28. The zero-order valence-electron chi connectivity index (χ0n) is 9.81. The molecule has 0 saturated carbocycles. The fraction of sp³-hybridized carbons (Fsp3) is 0.538. The monoisotopic (exact) mass is 225 g/mol. The van der Waals surface area contributed by atoms with Gasteiger partial charge >= 0.3 is 0 Å². The van der Waals surface area contributed by atoms with Gasteiger partial charge in [-0.3, -0.25) is 0 Å². The predicted octanol–water partition coefficient (Wildman–Crippen LogP) is 3.78. The van der Waals surface area contributed by atoms with Crippen molar-refractivity contribution in [3.05, 3.63) is 34.3 Å². The highest BCUT2D eigenvalue weighted by molar-refractivity contribution is 6.31. The molecule has 0 heterocycles. The molecule has 0 radical (unpaired) electrons. The number of hydrogen-bond acceptors (Lipinski definition) is 1. The molecular weight excluding hydrogens is 206 g/mol. The van der Waals surface area contributed by atoms with Crippen molar-refractivity contribution in [3.8, 4) is 0 Å². The van der Waals surface area contributed by atoms with E-state index in [1.165, 1.54) is 12.0 Å². The largest absolute Gasteiger partial charge is 0.313 e. The molecule has 0 saturated heterocycles. The van der Waals surface area contributed by atoms with Crippen molar-refractivity contribution in [2.75, 3.05) is 6.54 Å². The molecule has 0 bridgehead atoms. The topological polar surface area (TPSA) is 12.0 Å². The molecule has 0 aromatic heterocycles. The Morgan fingerprint density at radius 2 is 2.07 bits per heavy atom. The van der Waals surface area contributed by atoms with Gasteiger partial charge in [0.2, 0.25) is 0 Å². The number of rotatable bonds is 5. The van der Waals surface area contributed by atoms with Crippen LogP contribution in [0.2, 0.25) is 5.02 Å². The molecular formula is C13H20ClN. The van der Waals surface area contributed by atoms with E-state index < -0.39 is 0 Å². The molecule has 1 nitrogen and oxygen atoms in total. The first kappa shape index (κ1) is 12.5. The maximum Gasteiger partial charge on any atom is 0.0438 e. The number of hydrogen-bond donors (Lipinski definition) is 1. The molecule has 84 valence electrons. The normalized spacial score (nSPS) is 11.0. The summed E-state index contributed by atoms with van der Waals surface area (Å²) in [6.07, 6.45) is 1.22. The second-order valence-corrected chi connectivity index (χ2v) is 4.85. The smallest absolute Gasteiger partial charge is 0.0438 e. The van der Waals surface area contributed by atoms with E-state index in [0.29, 0.717) is 0 Å². The van der Waals surface area contributed by atoms with Crippen LogP contribution in [0.15, 0.2) is 18.2 Å². The van der Waals surface area contributed by atoms with Gasteiger partial charge in [0.05, 0.1) is 0 Å². The number of nitrogens with one attached hydrogen (secondary N) is 1. The SMILES string of the molecule is Cc1ccc(CNCCC(C)C)cc1Cl. The van der Waals surface area contributed by atoms with Crippen LogP contribution >= 0.6 is 11.6 Å². The summed E-state index contributed by atoms with van der Waals surface area (Å²) in [6, 6.07) is 6.24. The molecule has 1 N–H and O–H groups in total. The van der Waals surface area contributed by atoms with Crippen molar-refractivity contribution in [3.63, 3.8) is 0 Å². The van der Waals surface area contributed by atoms with Crippen LogP contribution in [0.4, 0.5) is 0 Å². The van der Waals surface area contributed by atoms with Crippen LogP contribution in [0.1, 0.15) is 31.4 Å². The van der Waals surface area contributed by atoms with Crippen LogP contribution in [-0.2, 0) is 6.54 Å². The third-order valence-corrected chi connectivity index (χ3v) is 2.87. The predicted molar refractivity (Wildman–Crippen MR) is 67.4 cm³/mol. The molecule has 2 heteroatoms. The van der Waals surface area contributed by atoms with E-state index in [-0.39, 0.29) is 0 Å². The fourth-order valence-corrected chi connectivity index (χ4v) is 1.57. The molecule has 1 aromatic rings. The third kappa shape index (κ3) is 4.67. The van der Waals surface area contributed by atoms with Crippen LogP contribution in [0.5, 0.6) is 0 Å².